The number of amides is 1. The number of thiocarbonyl (C=S) groups is 1. The highest BCUT2D eigenvalue weighted by Crippen LogP contribution is 2.35. The molecule has 0 aromatic heterocycles. The molecule has 8 heteroatoms. The summed E-state index contributed by atoms with van der Waals surface area (Å²) in [4.78, 5) is 15.8. The fraction of sp³-hybridized carbons (Fsp3) is 0.697. The SMILES string of the molecule is C/C=C/C[C@H](C)[C@@H](OC)[C@@H](C)[C@@H](C[C@@H](O)[C@H](CC)C(=O)N1C(=S)SC[C@@H]1Cc1ccccc1)O[Si](CC)(CC)CC. The maximum atomic E-state index is 14.1. The molecule has 232 valence electrons. The van der Waals surface area contributed by atoms with E-state index >= 15 is 0 Å². The molecule has 1 aromatic carbocycles. The van der Waals surface area contributed by atoms with Crippen LogP contribution in [0.3, 0.4) is 0 Å². The molecule has 0 bridgehead atoms. The Morgan fingerprint density at radius 1 is 1.17 bits per heavy atom. The number of hydrogen-bond acceptors (Lipinski definition) is 6. The molecule has 41 heavy (non-hydrogen) atoms. The van der Waals surface area contributed by atoms with Crippen molar-refractivity contribution in [2.45, 2.75) is 117 Å². The van der Waals surface area contributed by atoms with Crippen LogP contribution in [0.1, 0.15) is 73.3 Å². The molecule has 0 spiro atoms. The van der Waals surface area contributed by atoms with E-state index < -0.39 is 20.3 Å². The van der Waals surface area contributed by atoms with Crippen molar-refractivity contribution in [3.63, 3.8) is 0 Å². The van der Waals surface area contributed by atoms with Gasteiger partial charge in [0.1, 0.15) is 4.32 Å². The second-order valence-corrected chi connectivity index (χ2v) is 18.1. The molecule has 1 heterocycles. The van der Waals surface area contributed by atoms with E-state index in [-0.39, 0.29) is 30.1 Å². The normalized spacial score (nSPS) is 20.7. The molecule has 1 amide bonds. The van der Waals surface area contributed by atoms with E-state index in [2.05, 4.69) is 58.9 Å². The molecule has 1 aliphatic heterocycles. The first-order valence-electron chi connectivity index (χ1n) is 15.6. The van der Waals surface area contributed by atoms with Crippen LogP contribution in [0.25, 0.3) is 0 Å². The molecule has 1 aromatic rings. The summed E-state index contributed by atoms with van der Waals surface area (Å²) in [5, 5.41) is 11.8. The lowest BCUT2D eigenvalue weighted by Gasteiger charge is -2.41. The van der Waals surface area contributed by atoms with Gasteiger partial charge in [-0.3, -0.25) is 9.69 Å². The number of carbonyl (C=O) groups excluding carboxylic acids is 1. The first kappa shape index (κ1) is 36.2. The zero-order chi connectivity index (χ0) is 30.6. The molecular weight excluding hydrogens is 567 g/mol. The fourth-order valence-corrected chi connectivity index (χ4v) is 10.7. The van der Waals surface area contributed by atoms with Crippen molar-refractivity contribution in [3.05, 3.63) is 48.0 Å². The summed E-state index contributed by atoms with van der Waals surface area (Å²) in [5.41, 5.74) is 1.19. The van der Waals surface area contributed by atoms with Crippen LogP contribution in [0.15, 0.2) is 42.5 Å². The van der Waals surface area contributed by atoms with Crippen molar-refractivity contribution in [1.29, 1.82) is 0 Å². The van der Waals surface area contributed by atoms with Crippen LogP contribution in [-0.4, -0.2) is 65.8 Å². The second kappa shape index (κ2) is 17.9. The van der Waals surface area contributed by atoms with E-state index in [0.29, 0.717) is 23.1 Å². The van der Waals surface area contributed by atoms with Gasteiger partial charge >= 0.3 is 0 Å². The van der Waals surface area contributed by atoms with Gasteiger partial charge in [0.2, 0.25) is 5.91 Å². The largest absolute Gasteiger partial charge is 0.413 e. The fourth-order valence-electron chi connectivity index (χ4n) is 6.31. The smallest absolute Gasteiger partial charge is 0.234 e. The topological polar surface area (TPSA) is 59.0 Å². The third-order valence-electron chi connectivity index (χ3n) is 9.22. The molecule has 0 saturated carbocycles. The minimum atomic E-state index is -1.99. The van der Waals surface area contributed by atoms with E-state index in [1.54, 1.807) is 23.8 Å². The van der Waals surface area contributed by atoms with Gasteiger partial charge in [0.05, 0.1) is 30.3 Å². The molecule has 0 unspecified atom stereocenters. The summed E-state index contributed by atoms with van der Waals surface area (Å²) in [6.45, 7) is 15.2. The van der Waals surface area contributed by atoms with Crippen LogP contribution in [0.5, 0.6) is 0 Å². The van der Waals surface area contributed by atoms with Gasteiger partial charge in [-0.2, -0.15) is 0 Å². The Balaban J connectivity index is 2.32. The van der Waals surface area contributed by atoms with Gasteiger partial charge in [-0.05, 0) is 62.2 Å². The minimum Gasteiger partial charge on any atom is -0.413 e. The van der Waals surface area contributed by atoms with Gasteiger partial charge in [-0.1, -0.05) is 108 Å². The zero-order valence-electron chi connectivity index (χ0n) is 26.7. The summed E-state index contributed by atoms with van der Waals surface area (Å²) in [6, 6.07) is 13.3. The molecule has 1 saturated heterocycles. The van der Waals surface area contributed by atoms with Gasteiger partial charge in [0.15, 0.2) is 8.32 Å². The van der Waals surface area contributed by atoms with Crippen LogP contribution < -0.4 is 0 Å². The summed E-state index contributed by atoms with van der Waals surface area (Å²) in [7, 11) is -0.212. The highest BCUT2D eigenvalue weighted by Gasteiger charge is 2.42. The van der Waals surface area contributed by atoms with Gasteiger partial charge < -0.3 is 14.3 Å². The zero-order valence-corrected chi connectivity index (χ0v) is 29.3. The number of nitrogens with zero attached hydrogens (tertiary/aromatic N) is 1. The molecular formula is C33H55NO4S2Si. The lowest BCUT2D eigenvalue weighted by molar-refractivity contribution is -0.137. The maximum absolute atomic E-state index is 14.1. The van der Waals surface area contributed by atoms with Crippen LogP contribution in [0, 0.1) is 17.8 Å². The van der Waals surface area contributed by atoms with Crippen LogP contribution >= 0.6 is 24.0 Å². The summed E-state index contributed by atoms with van der Waals surface area (Å²) in [5.74, 6) is 0.555. The molecule has 7 atom stereocenters. The van der Waals surface area contributed by atoms with E-state index in [9.17, 15) is 9.90 Å². The van der Waals surface area contributed by atoms with Crippen molar-refractivity contribution < 1.29 is 19.1 Å². The molecule has 1 fully saturated rings. The monoisotopic (exact) mass is 621 g/mol. The number of methoxy groups -OCH3 is 1. The average Bonchev–Trinajstić information content (AvgIpc) is 3.34. The van der Waals surface area contributed by atoms with Crippen molar-refractivity contribution in [1.82, 2.24) is 4.90 Å². The van der Waals surface area contributed by atoms with Gasteiger partial charge in [0.25, 0.3) is 0 Å². The van der Waals surface area contributed by atoms with Crippen LogP contribution in [0.2, 0.25) is 18.1 Å². The number of allylic oxidation sites excluding steroid dienone is 2. The lowest BCUT2D eigenvalue weighted by atomic mass is 9.83. The van der Waals surface area contributed by atoms with Crippen molar-refractivity contribution in [2.24, 2.45) is 17.8 Å². The summed E-state index contributed by atoms with van der Waals surface area (Å²) < 4.78 is 13.8. The minimum absolute atomic E-state index is 0.000272. The summed E-state index contributed by atoms with van der Waals surface area (Å²) >= 11 is 7.24. The Kier molecular flexibility index (Phi) is 15.8. The highest BCUT2D eigenvalue weighted by molar-refractivity contribution is 8.23. The van der Waals surface area contributed by atoms with E-state index in [0.717, 1.165) is 36.7 Å². The molecule has 5 nitrogen and oxygen atoms in total. The quantitative estimate of drug-likeness (QED) is 0.102. The number of benzene rings is 1. The Morgan fingerprint density at radius 3 is 2.34 bits per heavy atom. The number of ether oxygens (including phenoxy) is 1. The third-order valence-corrected chi connectivity index (χ3v) is 15.4. The van der Waals surface area contributed by atoms with E-state index in [1.807, 2.05) is 32.0 Å². The number of carbonyl (C=O) groups is 1. The number of thioether (sulfide) groups is 1. The molecule has 1 aliphatic rings. The summed E-state index contributed by atoms with van der Waals surface area (Å²) in [6.07, 6.45) is 5.86. The number of aliphatic hydroxyl groups excluding tert-OH is 1. The Hall–Kier alpha value is -1.03. The van der Waals surface area contributed by atoms with Crippen molar-refractivity contribution >= 4 is 42.5 Å². The first-order chi connectivity index (χ1) is 19.6. The lowest BCUT2D eigenvalue weighted by Crippen LogP contribution is -2.50. The molecule has 2 rings (SSSR count). The van der Waals surface area contributed by atoms with E-state index in [4.69, 9.17) is 21.4 Å². The standard InChI is InChI=1S/C33H55NO4S2Si/c1-9-14-18-24(6)31(37-8)25(7)30(38-41(11-3,12-4)13-5)22-29(35)28(10-2)32(36)34-27(23-40-33(34)39)21-26-19-16-15-17-20-26/h9,14-17,19-20,24-25,27-31,35H,10-13,18,21-23H2,1-8H3/b14-9+/t24-,25-,27-,28-,29+,30+,31+/m0/s1. The van der Waals surface area contributed by atoms with E-state index in [1.165, 1.54) is 5.56 Å². The Labute approximate surface area is 261 Å². The maximum Gasteiger partial charge on any atom is 0.234 e. The van der Waals surface area contributed by atoms with Crippen molar-refractivity contribution in [2.75, 3.05) is 12.9 Å². The Morgan fingerprint density at radius 2 is 1.80 bits per heavy atom. The number of rotatable bonds is 18. The number of hydrogen-bond donors (Lipinski definition) is 1. The van der Waals surface area contributed by atoms with Crippen molar-refractivity contribution in [3.8, 4) is 0 Å². The number of aliphatic hydroxyl groups is 1. The van der Waals surface area contributed by atoms with Gasteiger partial charge in [0, 0.05) is 18.8 Å². The first-order valence-corrected chi connectivity index (χ1v) is 19.6. The highest BCUT2D eigenvalue weighted by atomic mass is 32.2. The predicted molar refractivity (Wildman–Crippen MR) is 181 cm³/mol. The molecule has 1 N–H and O–H groups in total. The van der Waals surface area contributed by atoms with Crippen LogP contribution in [0.4, 0.5) is 0 Å². The average molecular weight is 622 g/mol. The van der Waals surface area contributed by atoms with Gasteiger partial charge in [-0.15, -0.1) is 0 Å². The third kappa shape index (κ3) is 9.73. The molecule has 0 aliphatic carbocycles. The Bertz CT molecular complexity index is 950. The molecule has 0 radical (unpaired) electrons. The second-order valence-electron chi connectivity index (χ2n) is 11.7. The predicted octanol–water partition coefficient (Wildman–Crippen LogP) is 7.88. The van der Waals surface area contributed by atoms with Crippen LogP contribution in [-0.2, 0) is 20.4 Å². The van der Waals surface area contributed by atoms with Gasteiger partial charge in [-0.25, -0.2) is 0 Å².